The van der Waals surface area contributed by atoms with Gasteiger partial charge in [0.05, 0.1) is 36.8 Å². The van der Waals surface area contributed by atoms with Crippen molar-refractivity contribution in [2.45, 2.75) is 30.7 Å². The molecule has 6 rings (SSSR count). The van der Waals surface area contributed by atoms with E-state index >= 15 is 4.39 Å². The normalized spacial score (nSPS) is 30.1. The van der Waals surface area contributed by atoms with Gasteiger partial charge in [-0.3, -0.25) is 15.1 Å². The smallest absolute Gasteiger partial charge is 0.227 e. The number of likely N-dealkylation sites (tertiary alicyclic amines) is 1. The number of likely N-dealkylation sites (N-methyl/N-ethyl adjacent to an activating group) is 1. The summed E-state index contributed by atoms with van der Waals surface area (Å²) in [5.41, 5.74) is 2.26. The third kappa shape index (κ3) is 4.36. The summed E-state index contributed by atoms with van der Waals surface area (Å²) in [6.45, 7) is 7.02. The lowest BCUT2D eigenvalue weighted by molar-refractivity contribution is 0.00307. The fourth-order valence-electron chi connectivity index (χ4n) is 5.74. The molecule has 0 saturated carbocycles. The molecule has 4 aliphatic rings. The van der Waals surface area contributed by atoms with Crippen LogP contribution < -0.4 is 20.9 Å². The molecule has 34 heavy (non-hydrogen) atoms. The zero-order valence-corrected chi connectivity index (χ0v) is 19.6. The molecule has 2 aromatic rings. The van der Waals surface area contributed by atoms with Gasteiger partial charge in [0.1, 0.15) is 5.82 Å². The van der Waals surface area contributed by atoms with E-state index in [-0.39, 0.29) is 11.9 Å². The molecular formula is C24H33FN8O. The molecule has 9 nitrogen and oxygen atoms in total. The van der Waals surface area contributed by atoms with Crippen molar-refractivity contribution in [2.75, 3.05) is 69.7 Å². The first-order valence-electron chi connectivity index (χ1n) is 12.3. The molecule has 3 N–H and O–H groups in total. The molecule has 5 heterocycles. The van der Waals surface area contributed by atoms with Gasteiger partial charge in [0.2, 0.25) is 5.95 Å². The second kappa shape index (κ2) is 9.35. The van der Waals surface area contributed by atoms with Gasteiger partial charge >= 0.3 is 0 Å². The zero-order chi connectivity index (χ0) is 23.1. The van der Waals surface area contributed by atoms with Crippen LogP contribution in [0, 0.1) is 5.82 Å². The molecule has 1 aromatic carbocycles. The van der Waals surface area contributed by atoms with Gasteiger partial charge in [-0.1, -0.05) is 0 Å². The Hall–Kier alpha value is -2.37. The minimum atomic E-state index is -0.205. The number of nitrogens with one attached hydrogen (secondary N) is 3. The summed E-state index contributed by atoms with van der Waals surface area (Å²) in [4.78, 5) is 16.1. The van der Waals surface area contributed by atoms with E-state index in [0.717, 1.165) is 64.6 Å². The maximum absolute atomic E-state index is 15.0. The second-order valence-corrected chi connectivity index (χ2v) is 9.76. The molecule has 0 spiro atoms. The highest BCUT2D eigenvalue weighted by molar-refractivity contribution is 5.61. The summed E-state index contributed by atoms with van der Waals surface area (Å²) >= 11 is 0. The Morgan fingerprint density at radius 3 is 2.68 bits per heavy atom. The summed E-state index contributed by atoms with van der Waals surface area (Å²) in [5.74, 6) is 0.271. The molecule has 0 amide bonds. The van der Waals surface area contributed by atoms with Gasteiger partial charge in [0, 0.05) is 63.2 Å². The van der Waals surface area contributed by atoms with Crippen LogP contribution >= 0.6 is 0 Å². The molecule has 4 saturated heterocycles. The largest absolute Gasteiger partial charge is 0.379 e. The zero-order valence-electron chi connectivity index (χ0n) is 19.6. The Morgan fingerprint density at radius 2 is 1.97 bits per heavy atom. The first-order valence-corrected chi connectivity index (χ1v) is 12.3. The highest BCUT2D eigenvalue weighted by Gasteiger charge is 2.42. The van der Waals surface area contributed by atoms with Gasteiger partial charge in [-0.15, -0.1) is 0 Å². The van der Waals surface area contributed by atoms with Crippen LogP contribution in [0.1, 0.15) is 18.2 Å². The number of benzene rings is 1. The summed E-state index contributed by atoms with van der Waals surface area (Å²) in [7, 11) is 2.15. The van der Waals surface area contributed by atoms with Crippen LogP contribution in [0.5, 0.6) is 0 Å². The van der Waals surface area contributed by atoms with Crippen LogP contribution in [-0.4, -0.2) is 97.5 Å². The SMILES string of the molecule is CN1C[C@@H]2C[C@H]1CN2c1ccc(Nc2nccc(C3CNC(N4CCOCC4)CN3)n2)cc1F. The van der Waals surface area contributed by atoms with Crippen molar-refractivity contribution in [3.8, 4) is 0 Å². The first kappa shape index (κ1) is 22.1. The standard InChI is InChI=1S/C24H33FN8O/c1-31-14-18-11-17(31)15-33(18)22-3-2-16(10-19(22)25)29-24-26-5-4-20(30-24)21-12-28-23(13-27-21)32-6-8-34-9-7-32/h2-5,10,17-18,21,23,27-28H,6-9,11-15H2,1H3,(H,26,29,30)/t17-,18-,21?,23?/m0/s1. The predicted octanol–water partition coefficient (Wildman–Crippen LogP) is 1.14. The Morgan fingerprint density at radius 1 is 1.09 bits per heavy atom. The monoisotopic (exact) mass is 468 g/mol. The van der Waals surface area contributed by atoms with Crippen molar-refractivity contribution in [3.63, 3.8) is 0 Å². The number of hydrogen-bond donors (Lipinski definition) is 3. The van der Waals surface area contributed by atoms with E-state index in [9.17, 15) is 0 Å². The lowest BCUT2D eigenvalue weighted by Crippen LogP contribution is -2.60. The van der Waals surface area contributed by atoms with E-state index in [2.05, 4.69) is 42.7 Å². The predicted molar refractivity (Wildman–Crippen MR) is 129 cm³/mol. The summed E-state index contributed by atoms with van der Waals surface area (Å²) in [5, 5.41) is 10.4. The van der Waals surface area contributed by atoms with E-state index < -0.39 is 0 Å². The van der Waals surface area contributed by atoms with Crippen molar-refractivity contribution in [1.29, 1.82) is 0 Å². The van der Waals surface area contributed by atoms with Crippen molar-refractivity contribution in [3.05, 3.63) is 42.0 Å². The topological polar surface area (TPSA) is 80.8 Å². The number of fused-ring (bicyclic) bond motifs is 2. The van der Waals surface area contributed by atoms with Crippen LogP contribution in [0.4, 0.5) is 21.7 Å². The average molecular weight is 469 g/mol. The summed E-state index contributed by atoms with van der Waals surface area (Å²) in [6, 6.07) is 8.31. The number of hydrogen-bond acceptors (Lipinski definition) is 9. The van der Waals surface area contributed by atoms with Gasteiger partial charge < -0.3 is 20.3 Å². The van der Waals surface area contributed by atoms with Crippen molar-refractivity contribution < 1.29 is 9.13 Å². The van der Waals surface area contributed by atoms with Gasteiger partial charge in [0.15, 0.2) is 0 Å². The van der Waals surface area contributed by atoms with Crippen LogP contribution in [0.15, 0.2) is 30.5 Å². The van der Waals surface area contributed by atoms with Gasteiger partial charge in [-0.25, -0.2) is 14.4 Å². The fraction of sp³-hybridized carbons (Fsp3) is 0.583. The molecule has 1 aromatic heterocycles. The van der Waals surface area contributed by atoms with Gasteiger partial charge in [-0.05, 0) is 37.7 Å². The maximum atomic E-state index is 15.0. The fourth-order valence-corrected chi connectivity index (χ4v) is 5.74. The van der Waals surface area contributed by atoms with E-state index in [1.165, 1.54) is 0 Å². The minimum Gasteiger partial charge on any atom is -0.379 e. The van der Waals surface area contributed by atoms with E-state index in [4.69, 9.17) is 9.72 Å². The van der Waals surface area contributed by atoms with Crippen molar-refractivity contribution in [1.82, 2.24) is 30.4 Å². The highest BCUT2D eigenvalue weighted by atomic mass is 19.1. The second-order valence-electron chi connectivity index (χ2n) is 9.76. The first-order chi connectivity index (χ1) is 16.6. The maximum Gasteiger partial charge on any atom is 0.227 e. The molecule has 2 unspecified atom stereocenters. The molecule has 0 aliphatic carbocycles. The Labute approximate surface area is 199 Å². The van der Waals surface area contributed by atoms with Crippen LogP contribution in [0.25, 0.3) is 0 Å². The third-order valence-corrected chi connectivity index (χ3v) is 7.66. The Balaban J connectivity index is 1.09. The van der Waals surface area contributed by atoms with Gasteiger partial charge in [0.25, 0.3) is 0 Å². The third-order valence-electron chi connectivity index (χ3n) is 7.66. The van der Waals surface area contributed by atoms with E-state index in [0.29, 0.717) is 35.6 Å². The number of morpholine rings is 1. The highest BCUT2D eigenvalue weighted by Crippen LogP contribution is 2.35. The quantitative estimate of drug-likeness (QED) is 0.599. The number of aromatic nitrogens is 2. The van der Waals surface area contributed by atoms with Crippen LogP contribution in [0.2, 0.25) is 0 Å². The number of anilines is 3. The van der Waals surface area contributed by atoms with Gasteiger partial charge in [-0.2, -0.15) is 0 Å². The van der Waals surface area contributed by atoms with Crippen molar-refractivity contribution >= 4 is 17.3 Å². The van der Waals surface area contributed by atoms with E-state index in [1.807, 2.05) is 18.2 Å². The number of nitrogens with zero attached hydrogens (tertiary/aromatic N) is 5. The lowest BCUT2D eigenvalue weighted by Gasteiger charge is -2.39. The number of ether oxygens (including phenoxy) is 1. The van der Waals surface area contributed by atoms with Crippen LogP contribution in [-0.2, 0) is 4.74 Å². The number of rotatable bonds is 5. The van der Waals surface area contributed by atoms with Crippen molar-refractivity contribution in [2.24, 2.45) is 0 Å². The number of halogens is 1. The molecule has 0 radical (unpaired) electrons. The molecule has 2 bridgehead atoms. The lowest BCUT2D eigenvalue weighted by atomic mass is 10.1. The number of piperazine rings is 2. The average Bonchev–Trinajstić information content (AvgIpc) is 3.45. The molecule has 4 aliphatic heterocycles. The summed E-state index contributed by atoms with van der Waals surface area (Å²) in [6.07, 6.45) is 3.18. The van der Waals surface area contributed by atoms with E-state index in [1.54, 1.807) is 12.3 Å². The molecule has 4 atom stereocenters. The summed E-state index contributed by atoms with van der Waals surface area (Å²) < 4.78 is 20.5. The molecule has 10 heteroatoms. The minimum absolute atomic E-state index is 0.101. The molecule has 4 fully saturated rings. The van der Waals surface area contributed by atoms with Crippen LogP contribution in [0.3, 0.4) is 0 Å². The Kier molecular flexibility index (Phi) is 6.08. The molecular weight excluding hydrogens is 435 g/mol. The molecule has 182 valence electrons. The Bertz CT molecular complexity index is 1010.